The van der Waals surface area contributed by atoms with Crippen LogP contribution in [0, 0.1) is 5.92 Å². The first kappa shape index (κ1) is 17.8. The zero-order valence-corrected chi connectivity index (χ0v) is 13.2. The van der Waals surface area contributed by atoms with E-state index in [-0.39, 0.29) is 11.4 Å². The second-order valence-electron chi connectivity index (χ2n) is 5.63. The van der Waals surface area contributed by atoms with Crippen molar-refractivity contribution < 1.29 is 4.79 Å². The first-order valence-electron chi connectivity index (χ1n) is 7.02. The standard InChI is InChI=1S/C14H30N2OS/c1-5-6-8-18-9-7-13(17)16-14(4,11-15)10-12(2)3/h12H,5-11,15H2,1-4H3,(H,16,17). The van der Waals surface area contributed by atoms with Crippen LogP contribution in [0.3, 0.4) is 0 Å². The quantitative estimate of drug-likeness (QED) is 0.602. The Hall–Kier alpha value is -0.220. The summed E-state index contributed by atoms with van der Waals surface area (Å²) in [5.41, 5.74) is 5.53. The summed E-state index contributed by atoms with van der Waals surface area (Å²) in [6.07, 6.45) is 3.99. The molecule has 108 valence electrons. The minimum atomic E-state index is -0.251. The SMILES string of the molecule is CCCCSCCC(=O)NC(C)(CN)CC(C)C. The van der Waals surface area contributed by atoms with Crippen molar-refractivity contribution in [2.45, 2.75) is 58.9 Å². The van der Waals surface area contributed by atoms with E-state index in [2.05, 4.69) is 26.1 Å². The monoisotopic (exact) mass is 274 g/mol. The molecule has 1 unspecified atom stereocenters. The van der Waals surface area contributed by atoms with Gasteiger partial charge < -0.3 is 11.1 Å². The van der Waals surface area contributed by atoms with Gasteiger partial charge in [-0.3, -0.25) is 4.79 Å². The van der Waals surface area contributed by atoms with E-state index in [1.165, 1.54) is 12.8 Å². The van der Waals surface area contributed by atoms with Crippen LogP contribution in [-0.4, -0.2) is 29.5 Å². The van der Waals surface area contributed by atoms with Crippen LogP contribution in [0.15, 0.2) is 0 Å². The number of thioether (sulfide) groups is 1. The van der Waals surface area contributed by atoms with Crippen molar-refractivity contribution in [3.05, 3.63) is 0 Å². The Morgan fingerprint density at radius 3 is 2.56 bits per heavy atom. The number of unbranched alkanes of at least 4 members (excludes halogenated alkanes) is 1. The fraction of sp³-hybridized carbons (Fsp3) is 0.929. The normalized spacial score (nSPS) is 14.6. The summed E-state index contributed by atoms with van der Waals surface area (Å²) in [5.74, 6) is 2.74. The predicted octanol–water partition coefficient (Wildman–Crippen LogP) is 2.79. The van der Waals surface area contributed by atoms with E-state index in [4.69, 9.17) is 5.73 Å². The van der Waals surface area contributed by atoms with Gasteiger partial charge in [-0.1, -0.05) is 27.2 Å². The second-order valence-corrected chi connectivity index (χ2v) is 6.85. The zero-order valence-electron chi connectivity index (χ0n) is 12.4. The molecule has 0 aromatic carbocycles. The van der Waals surface area contributed by atoms with Gasteiger partial charge in [0.1, 0.15) is 0 Å². The van der Waals surface area contributed by atoms with Gasteiger partial charge in [-0.2, -0.15) is 11.8 Å². The second kappa shape index (κ2) is 9.68. The van der Waals surface area contributed by atoms with Crippen molar-refractivity contribution in [2.24, 2.45) is 11.7 Å². The van der Waals surface area contributed by atoms with Crippen LogP contribution in [0.4, 0.5) is 0 Å². The van der Waals surface area contributed by atoms with Gasteiger partial charge in [-0.25, -0.2) is 0 Å². The van der Waals surface area contributed by atoms with Gasteiger partial charge in [0, 0.05) is 24.3 Å². The lowest BCUT2D eigenvalue weighted by Crippen LogP contribution is -2.52. The number of rotatable bonds is 10. The average molecular weight is 274 g/mol. The molecule has 0 aliphatic heterocycles. The molecule has 3 nitrogen and oxygen atoms in total. The van der Waals surface area contributed by atoms with Crippen LogP contribution < -0.4 is 11.1 Å². The van der Waals surface area contributed by atoms with Crippen LogP contribution >= 0.6 is 11.8 Å². The zero-order chi connectivity index (χ0) is 14.0. The van der Waals surface area contributed by atoms with Crippen LogP contribution in [-0.2, 0) is 4.79 Å². The van der Waals surface area contributed by atoms with E-state index in [0.29, 0.717) is 18.9 Å². The predicted molar refractivity (Wildman–Crippen MR) is 81.9 cm³/mol. The number of carbonyl (C=O) groups is 1. The molecule has 0 aromatic rings. The molecule has 0 aliphatic carbocycles. The number of nitrogens with one attached hydrogen (secondary N) is 1. The highest BCUT2D eigenvalue weighted by Gasteiger charge is 2.25. The highest BCUT2D eigenvalue weighted by atomic mass is 32.2. The Balaban J connectivity index is 3.89. The third kappa shape index (κ3) is 8.81. The summed E-state index contributed by atoms with van der Waals surface area (Å²) >= 11 is 1.86. The third-order valence-electron chi connectivity index (χ3n) is 2.87. The molecular weight excluding hydrogens is 244 g/mol. The smallest absolute Gasteiger partial charge is 0.221 e. The summed E-state index contributed by atoms with van der Waals surface area (Å²) in [6, 6.07) is 0. The lowest BCUT2D eigenvalue weighted by atomic mass is 9.90. The molecule has 0 radical (unpaired) electrons. The number of carbonyl (C=O) groups excluding carboxylic acids is 1. The van der Waals surface area contributed by atoms with Crippen LogP contribution in [0.2, 0.25) is 0 Å². The van der Waals surface area contributed by atoms with Gasteiger partial charge in [0.15, 0.2) is 0 Å². The van der Waals surface area contributed by atoms with Gasteiger partial charge in [0.2, 0.25) is 5.91 Å². The minimum Gasteiger partial charge on any atom is -0.350 e. The van der Waals surface area contributed by atoms with Crippen molar-refractivity contribution in [1.82, 2.24) is 5.32 Å². The molecule has 4 heteroatoms. The van der Waals surface area contributed by atoms with Crippen LogP contribution in [0.1, 0.15) is 53.4 Å². The number of hydrogen-bond acceptors (Lipinski definition) is 3. The summed E-state index contributed by atoms with van der Waals surface area (Å²) < 4.78 is 0. The van der Waals surface area contributed by atoms with E-state index in [0.717, 1.165) is 17.9 Å². The third-order valence-corrected chi connectivity index (χ3v) is 3.94. The molecule has 0 saturated carbocycles. The first-order chi connectivity index (χ1) is 8.43. The van der Waals surface area contributed by atoms with E-state index < -0.39 is 0 Å². The lowest BCUT2D eigenvalue weighted by molar-refractivity contribution is -0.122. The molecule has 3 N–H and O–H groups in total. The maximum atomic E-state index is 11.9. The topological polar surface area (TPSA) is 55.1 Å². The number of nitrogens with two attached hydrogens (primary N) is 1. The van der Waals surface area contributed by atoms with Gasteiger partial charge in [0.05, 0.1) is 0 Å². The number of amides is 1. The fourth-order valence-electron chi connectivity index (χ4n) is 2.00. The largest absolute Gasteiger partial charge is 0.350 e. The Morgan fingerprint density at radius 2 is 2.06 bits per heavy atom. The lowest BCUT2D eigenvalue weighted by Gasteiger charge is -2.31. The van der Waals surface area contributed by atoms with E-state index in [1.807, 2.05) is 18.7 Å². The maximum absolute atomic E-state index is 11.9. The molecule has 18 heavy (non-hydrogen) atoms. The molecule has 0 rings (SSSR count). The Bertz CT molecular complexity index is 234. The molecule has 0 aliphatic rings. The summed E-state index contributed by atoms with van der Waals surface area (Å²) in [5, 5.41) is 3.09. The minimum absolute atomic E-state index is 0.132. The van der Waals surface area contributed by atoms with Gasteiger partial charge in [-0.15, -0.1) is 0 Å². The van der Waals surface area contributed by atoms with Crippen molar-refractivity contribution in [3.63, 3.8) is 0 Å². The Labute approximate surface area is 117 Å². The first-order valence-corrected chi connectivity index (χ1v) is 8.18. The fourth-order valence-corrected chi connectivity index (χ4v) is 3.03. The molecule has 0 saturated heterocycles. The summed E-state index contributed by atoms with van der Waals surface area (Å²) in [6.45, 7) is 9.03. The van der Waals surface area contributed by atoms with Crippen molar-refractivity contribution in [2.75, 3.05) is 18.1 Å². The van der Waals surface area contributed by atoms with Crippen molar-refractivity contribution in [3.8, 4) is 0 Å². The van der Waals surface area contributed by atoms with Crippen LogP contribution in [0.25, 0.3) is 0 Å². The average Bonchev–Trinajstić information content (AvgIpc) is 2.27. The highest BCUT2D eigenvalue weighted by Crippen LogP contribution is 2.15. The molecule has 1 amide bonds. The maximum Gasteiger partial charge on any atom is 0.221 e. The highest BCUT2D eigenvalue weighted by molar-refractivity contribution is 7.99. The van der Waals surface area contributed by atoms with Gasteiger partial charge in [-0.05, 0) is 31.4 Å². The van der Waals surface area contributed by atoms with Crippen molar-refractivity contribution >= 4 is 17.7 Å². The van der Waals surface area contributed by atoms with Crippen molar-refractivity contribution in [1.29, 1.82) is 0 Å². The molecule has 0 fully saturated rings. The molecule has 0 bridgehead atoms. The molecule has 1 atom stereocenters. The van der Waals surface area contributed by atoms with E-state index in [9.17, 15) is 4.79 Å². The summed E-state index contributed by atoms with van der Waals surface area (Å²) in [7, 11) is 0. The van der Waals surface area contributed by atoms with Crippen LogP contribution in [0.5, 0.6) is 0 Å². The molecule has 0 spiro atoms. The number of hydrogen-bond donors (Lipinski definition) is 2. The van der Waals surface area contributed by atoms with E-state index in [1.54, 1.807) is 0 Å². The Kier molecular flexibility index (Phi) is 9.56. The van der Waals surface area contributed by atoms with E-state index >= 15 is 0 Å². The van der Waals surface area contributed by atoms with Gasteiger partial charge >= 0.3 is 0 Å². The molecular formula is C14H30N2OS. The summed E-state index contributed by atoms with van der Waals surface area (Å²) in [4.78, 5) is 11.9. The molecule has 0 heterocycles. The van der Waals surface area contributed by atoms with Gasteiger partial charge in [0.25, 0.3) is 0 Å². The Morgan fingerprint density at radius 1 is 1.39 bits per heavy atom. The molecule has 0 aromatic heterocycles.